The number of carbonyl (C=O) groups excluding carboxylic acids is 1. The Morgan fingerprint density at radius 3 is 2.56 bits per heavy atom. The quantitative estimate of drug-likeness (QED) is 0.302. The molecular formula is C29H27F3N2O2. The summed E-state index contributed by atoms with van der Waals surface area (Å²) in [6.07, 6.45) is -1.94. The topological polar surface area (TPSA) is 42.4 Å². The lowest BCUT2D eigenvalue weighted by Gasteiger charge is -2.42. The van der Waals surface area contributed by atoms with Crippen molar-refractivity contribution in [1.82, 2.24) is 9.88 Å². The highest BCUT2D eigenvalue weighted by atomic mass is 19.4. The van der Waals surface area contributed by atoms with Crippen LogP contribution in [0.3, 0.4) is 0 Å². The Morgan fingerprint density at radius 2 is 1.89 bits per heavy atom. The highest BCUT2D eigenvalue weighted by Crippen LogP contribution is 2.40. The lowest BCUT2D eigenvalue weighted by atomic mass is 9.89. The molecule has 1 saturated heterocycles. The van der Waals surface area contributed by atoms with Gasteiger partial charge in [0.25, 0.3) is 0 Å². The van der Waals surface area contributed by atoms with Gasteiger partial charge in [-0.05, 0) is 48.7 Å². The van der Waals surface area contributed by atoms with E-state index in [4.69, 9.17) is 4.74 Å². The summed E-state index contributed by atoms with van der Waals surface area (Å²) in [7, 11) is 0. The van der Waals surface area contributed by atoms with Gasteiger partial charge in [0.2, 0.25) is 0 Å². The fourth-order valence-electron chi connectivity index (χ4n) is 4.61. The number of hydrogen-bond donors (Lipinski definition) is 0. The Bertz CT molecular complexity index is 1320. The SMILES string of the molecule is C=C(C)C#C[C@H](c1cnc2ccccc2c1)N1CC[C@@H](OC(C)=O)C[C@H]1c1ccc(C(F)(F)F)cc1. The van der Waals surface area contributed by atoms with Crippen molar-refractivity contribution in [3.63, 3.8) is 0 Å². The van der Waals surface area contributed by atoms with E-state index in [2.05, 4.69) is 28.3 Å². The smallest absolute Gasteiger partial charge is 0.416 e. The number of likely N-dealkylation sites (tertiary alicyclic amines) is 1. The maximum absolute atomic E-state index is 13.2. The third kappa shape index (κ3) is 5.95. The zero-order valence-corrected chi connectivity index (χ0v) is 20.2. The van der Waals surface area contributed by atoms with Gasteiger partial charge in [0, 0.05) is 43.1 Å². The van der Waals surface area contributed by atoms with Crippen LogP contribution >= 0.6 is 0 Å². The average Bonchev–Trinajstić information content (AvgIpc) is 2.83. The van der Waals surface area contributed by atoms with Gasteiger partial charge in [0.05, 0.1) is 17.1 Å². The van der Waals surface area contributed by atoms with Crippen molar-refractivity contribution in [3.05, 3.63) is 89.6 Å². The molecule has 1 aliphatic rings. The second kappa shape index (κ2) is 10.5. The lowest BCUT2D eigenvalue weighted by molar-refractivity contribution is -0.150. The summed E-state index contributed by atoms with van der Waals surface area (Å²) in [4.78, 5) is 18.4. The number of hydrogen-bond acceptors (Lipinski definition) is 4. The van der Waals surface area contributed by atoms with E-state index in [0.29, 0.717) is 30.5 Å². The summed E-state index contributed by atoms with van der Waals surface area (Å²) in [5.41, 5.74) is 2.44. The molecule has 3 aromatic rings. The van der Waals surface area contributed by atoms with Crippen molar-refractivity contribution in [2.75, 3.05) is 6.54 Å². The van der Waals surface area contributed by atoms with Crippen LogP contribution in [0.15, 0.2) is 72.9 Å². The predicted octanol–water partition coefficient (Wildman–Crippen LogP) is 6.64. The number of aromatic nitrogens is 1. The number of piperidine rings is 1. The zero-order chi connectivity index (χ0) is 25.9. The van der Waals surface area contributed by atoms with Crippen molar-refractivity contribution < 1.29 is 22.7 Å². The Hall–Kier alpha value is -3.63. The van der Waals surface area contributed by atoms with Crippen LogP contribution in [-0.4, -0.2) is 28.5 Å². The number of allylic oxidation sites excluding steroid dienone is 1. The van der Waals surface area contributed by atoms with Crippen molar-refractivity contribution >= 4 is 16.9 Å². The van der Waals surface area contributed by atoms with Gasteiger partial charge in [0.1, 0.15) is 6.10 Å². The van der Waals surface area contributed by atoms with E-state index in [-0.39, 0.29) is 24.2 Å². The minimum Gasteiger partial charge on any atom is -0.462 e. The van der Waals surface area contributed by atoms with E-state index in [9.17, 15) is 18.0 Å². The molecule has 0 saturated carbocycles. The fourth-order valence-corrected chi connectivity index (χ4v) is 4.61. The van der Waals surface area contributed by atoms with Gasteiger partial charge >= 0.3 is 12.1 Å². The molecule has 0 amide bonds. The Kier molecular flexibility index (Phi) is 7.46. The van der Waals surface area contributed by atoms with Gasteiger partial charge in [-0.1, -0.05) is 48.8 Å². The molecule has 0 aliphatic carbocycles. The van der Waals surface area contributed by atoms with Crippen LogP contribution in [0.25, 0.3) is 10.9 Å². The molecule has 36 heavy (non-hydrogen) atoms. The number of benzene rings is 2. The number of pyridine rings is 1. The molecule has 0 N–H and O–H groups in total. The number of para-hydroxylation sites is 1. The first-order valence-corrected chi connectivity index (χ1v) is 11.7. The first kappa shape index (κ1) is 25.5. The lowest BCUT2D eigenvalue weighted by Crippen LogP contribution is -2.42. The molecule has 7 heteroatoms. The van der Waals surface area contributed by atoms with Crippen LogP contribution in [0.4, 0.5) is 13.2 Å². The number of esters is 1. The molecule has 2 aromatic carbocycles. The van der Waals surface area contributed by atoms with Crippen molar-refractivity contribution in [2.45, 2.75) is 51.1 Å². The highest BCUT2D eigenvalue weighted by Gasteiger charge is 2.36. The Labute approximate surface area is 208 Å². The summed E-state index contributed by atoms with van der Waals surface area (Å²) in [5, 5.41) is 0.970. The van der Waals surface area contributed by atoms with Crippen molar-refractivity contribution in [2.24, 2.45) is 0 Å². The number of alkyl halides is 3. The van der Waals surface area contributed by atoms with Gasteiger partial charge < -0.3 is 4.74 Å². The number of rotatable bonds is 4. The summed E-state index contributed by atoms with van der Waals surface area (Å²) < 4.78 is 45.1. The molecule has 186 valence electrons. The third-order valence-electron chi connectivity index (χ3n) is 6.23. The van der Waals surface area contributed by atoms with E-state index in [1.54, 1.807) is 6.20 Å². The van der Waals surface area contributed by atoms with Gasteiger partial charge in [-0.2, -0.15) is 13.2 Å². The van der Waals surface area contributed by atoms with Crippen LogP contribution < -0.4 is 0 Å². The van der Waals surface area contributed by atoms with E-state index >= 15 is 0 Å². The standard InChI is InChI=1S/C29H27F3N2O2/c1-19(2)8-13-27(23-16-22-6-4-5-7-26(22)33-18-23)34-15-14-25(36-20(3)35)17-28(34)21-9-11-24(12-10-21)29(30,31)32/h4-7,9-12,16,18,25,27-28H,1,14-15,17H2,2-3H3/t25-,27-,28+/m1/s1. The molecule has 3 atom stereocenters. The van der Waals surface area contributed by atoms with E-state index in [0.717, 1.165) is 28.6 Å². The third-order valence-corrected chi connectivity index (χ3v) is 6.23. The first-order chi connectivity index (χ1) is 17.1. The Morgan fingerprint density at radius 1 is 1.17 bits per heavy atom. The Balaban J connectivity index is 1.77. The summed E-state index contributed by atoms with van der Waals surface area (Å²) in [6.45, 7) is 7.62. The van der Waals surface area contributed by atoms with E-state index in [1.165, 1.54) is 19.1 Å². The molecule has 4 rings (SSSR count). The van der Waals surface area contributed by atoms with Crippen LogP contribution in [0.1, 0.15) is 55.5 Å². The number of nitrogens with zero attached hydrogens (tertiary/aromatic N) is 2. The summed E-state index contributed by atoms with van der Waals surface area (Å²) in [6, 6.07) is 14.3. The maximum Gasteiger partial charge on any atom is 0.416 e. The molecule has 0 bridgehead atoms. The van der Waals surface area contributed by atoms with Gasteiger partial charge in [0.15, 0.2) is 0 Å². The first-order valence-electron chi connectivity index (χ1n) is 11.7. The monoisotopic (exact) mass is 492 g/mol. The van der Waals surface area contributed by atoms with Crippen LogP contribution in [0.2, 0.25) is 0 Å². The molecule has 0 unspecified atom stereocenters. The molecular weight excluding hydrogens is 465 g/mol. The molecule has 0 radical (unpaired) electrons. The van der Waals surface area contributed by atoms with Crippen molar-refractivity contribution in [3.8, 4) is 11.8 Å². The predicted molar refractivity (Wildman–Crippen MR) is 133 cm³/mol. The van der Waals surface area contributed by atoms with E-state index in [1.807, 2.05) is 37.3 Å². The molecule has 4 nitrogen and oxygen atoms in total. The summed E-state index contributed by atoms with van der Waals surface area (Å²) in [5.74, 6) is 6.02. The molecule has 1 aromatic heterocycles. The van der Waals surface area contributed by atoms with Crippen LogP contribution in [0, 0.1) is 11.8 Å². The maximum atomic E-state index is 13.2. The fraction of sp³-hybridized carbons (Fsp3) is 0.310. The largest absolute Gasteiger partial charge is 0.462 e. The number of halogens is 3. The van der Waals surface area contributed by atoms with Crippen LogP contribution in [-0.2, 0) is 15.7 Å². The normalized spacial score (nSPS) is 19.2. The molecule has 1 aliphatic heterocycles. The average molecular weight is 493 g/mol. The number of fused-ring (bicyclic) bond motifs is 1. The minimum absolute atomic E-state index is 0.318. The second-order valence-electron chi connectivity index (χ2n) is 9.04. The van der Waals surface area contributed by atoms with Gasteiger partial charge in [-0.15, -0.1) is 0 Å². The second-order valence-corrected chi connectivity index (χ2v) is 9.04. The number of ether oxygens (including phenoxy) is 1. The van der Waals surface area contributed by atoms with Gasteiger partial charge in [-0.3, -0.25) is 14.7 Å². The van der Waals surface area contributed by atoms with E-state index < -0.39 is 11.7 Å². The minimum atomic E-state index is -4.42. The van der Waals surface area contributed by atoms with Crippen LogP contribution in [0.5, 0.6) is 0 Å². The summed E-state index contributed by atoms with van der Waals surface area (Å²) >= 11 is 0. The molecule has 0 spiro atoms. The zero-order valence-electron chi connectivity index (χ0n) is 20.2. The number of carbonyl (C=O) groups is 1. The van der Waals surface area contributed by atoms with Crippen molar-refractivity contribution in [1.29, 1.82) is 0 Å². The van der Waals surface area contributed by atoms with Gasteiger partial charge in [-0.25, -0.2) is 0 Å². The molecule has 2 heterocycles. The molecule has 1 fully saturated rings. The highest BCUT2D eigenvalue weighted by molar-refractivity contribution is 5.79.